The summed E-state index contributed by atoms with van der Waals surface area (Å²) in [5.41, 5.74) is 0.972. The van der Waals surface area contributed by atoms with Gasteiger partial charge in [0.1, 0.15) is 0 Å². The van der Waals surface area contributed by atoms with E-state index in [2.05, 4.69) is 0 Å². The first-order valence-corrected chi connectivity index (χ1v) is 6.89. The molecule has 0 saturated carbocycles. The van der Waals surface area contributed by atoms with E-state index >= 15 is 0 Å². The molecule has 0 aliphatic rings. The van der Waals surface area contributed by atoms with Crippen LogP contribution in [0.5, 0.6) is 0 Å². The van der Waals surface area contributed by atoms with Gasteiger partial charge in [-0.15, -0.1) is 23.5 Å². The highest BCUT2D eigenvalue weighted by molar-refractivity contribution is 7.99. The first-order chi connectivity index (χ1) is 6.11. The molecule has 0 heterocycles. The van der Waals surface area contributed by atoms with Crippen LogP contribution >= 0.6 is 46.7 Å². The molecule has 0 amide bonds. The van der Waals surface area contributed by atoms with Gasteiger partial charge in [0.2, 0.25) is 0 Å². The molecule has 0 atom stereocenters. The number of benzene rings is 1. The first-order valence-electron chi connectivity index (χ1n) is 3.68. The standard InChI is InChI=1S/C9H10Cl2S2/c1-5-8(10)6(12-2)4-7(13-3)9(5)11/h4H,1-3H3. The summed E-state index contributed by atoms with van der Waals surface area (Å²) < 4.78 is 0. The van der Waals surface area contributed by atoms with E-state index in [0.717, 1.165) is 25.4 Å². The van der Waals surface area contributed by atoms with Crippen LogP contribution in [-0.2, 0) is 0 Å². The van der Waals surface area contributed by atoms with E-state index < -0.39 is 0 Å². The third-order valence-electron chi connectivity index (χ3n) is 1.79. The van der Waals surface area contributed by atoms with Gasteiger partial charge in [-0.1, -0.05) is 23.2 Å². The molecule has 72 valence electrons. The molecule has 0 fully saturated rings. The van der Waals surface area contributed by atoms with E-state index in [1.54, 1.807) is 23.5 Å². The van der Waals surface area contributed by atoms with Gasteiger partial charge >= 0.3 is 0 Å². The molecule has 1 aromatic carbocycles. The number of hydrogen-bond acceptors (Lipinski definition) is 2. The largest absolute Gasteiger partial charge is 0.128 e. The van der Waals surface area contributed by atoms with Crippen molar-refractivity contribution in [1.29, 1.82) is 0 Å². The third kappa shape index (κ3) is 2.30. The lowest BCUT2D eigenvalue weighted by atomic mass is 10.2. The monoisotopic (exact) mass is 252 g/mol. The molecule has 0 bridgehead atoms. The zero-order valence-corrected chi connectivity index (χ0v) is 10.8. The maximum absolute atomic E-state index is 6.11. The Labute approximate surface area is 97.4 Å². The summed E-state index contributed by atoms with van der Waals surface area (Å²) in [6.07, 6.45) is 4.03. The maximum atomic E-state index is 6.11. The highest BCUT2D eigenvalue weighted by atomic mass is 35.5. The molecule has 13 heavy (non-hydrogen) atoms. The maximum Gasteiger partial charge on any atom is 0.0586 e. The first kappa shape index (κ1) is 11.6. The molecule has 1 rings (SSSR count). The summed E-state index contributed by atoms with van der Waals surface area (Å²) in [6, 6.07) is 2.03. The van der Waals surface area contributed by atoms with Gasteiger partial charge in [-0.05, 0) is 31.1 Å². The van der Waals surface area contributed by atoms with Crippen LogP contribution in [-0.4, -0.2) is 12.5 Å². The van der Waals surface area contributed by atoms with Gasteiger partial charge in [-0.3, -0.25) is 0 Å². The minimum Gasteiger partial charge on any atom is -0.128 e. The minimum absolute atomic E-state index is 0.773. The van der Waals surface area contributed by atoms with Crippen molar-refractivity contribution in [2.75, 3.05) is 12.5 Å². The zero-order chi connectivity index (χ0) is 10.0. The lowest BCUT2D eigenvalue weighted by molar-refractivity contribution is 1.27. The average Bonchev–Trinajstić information content (AvgIpc) is 2.15. The van der Waals surface area contributed by atoms with Crippen molar-refractivity contribution < 1.29 is 0 Å². The predicted molar refractivity (Wildman–Crippen MR) is 64.8 cm³/mol. The normalized spacial score (nSPS) is 10.5. The van der Waals surface area contributed by atoms with Crippen LogP contribution in [0.4, 0.5) is 0 Å². The van der Waals surface area contributed by atoms with E-state index in [0.29, 0.717) is 0 Å². The Hall–Kier alpha value is 0.500. The van der Waals surface area contributed by atoms with Gasteiger partial charge in [0.25, 0.3) is 0 Å². The van der Waals surface area contributed by atoms with Crippen molar-refractivity contribution in [3.8, 4) is 0 Å². The van der Waals surface area contributed by atoms with Crippen molar-refractivity contribution in [1.82, 2.24) is 0 Å². The topological polar surface area (TPSA) is 0 Å². The fourth-order valence-corrected chi connectivity index (χ4v) is 3.03. The Morgan fingerprint density at radius 2 is 1.38 bits per heavy atom. The fraction of sp³-hybridized carbons (Fsp3) is 0.333. The molecule has 0 unspecified atom stereocenters. The SMILES string of the molecule is CSc1cc(SC)c(Cl)c(C)c1Cl. The van der Waals surface area contributed by atoms with Gasteiger partial charge in [0.05, 0.1) is 10.0 Å². The summed E-state index contributed by atoms with van der Waals surface area (Å²) in [5, 5.41) is 1.55. The van der Waals surface area contributed by atoms with Crippen LogP contribution in [0.1, 0.15) is 5.56 Å². The summed E-state index contributed by atoms with van der Waals surface area (Å²) in [5.74, 6) is 0. The zero-order valence-electron chi connectivity index (χ0n) is 7.65. The highest BCUT2D eigenvalue weighted by Gasteiger charge is 2.10. The van der Waals surface area contributed by atoms with Crippen LogP contribution in [0.25, 0.3) is 0 Å². The summed E-state index contributed by atoms with van der Waals surface area (Å²) in [7, 11) is 0. The van der Waals surface area contributed by atoms with Crippen LogP contribution in [0, 0.1) is 6.92 Å². The molecule has 0 nitrogen and oxygen atoms in total. The molecule has 0 radical (unpaired) electrons. The number of rotatable bonds is 2. The van der Waals surface area contributed by atoms with Crippen LogP contribution < -0.4 is 0 Å². The van der Waals surface area contributed by atoms with E-state index in [-0.39, 0.29) is 0 Å². The summed E-state index contributed by atoms with van der Waals surface area (Å²) in [4.78, 5) is 2.18. The molecule has 0 spiro atoms. The molecular weight excluding hydrogens is 243 g/mol. The highest BCUT2D eigenvalue weighted by Crippen LogP contribution is 2.38. The minimum atomic E-state index is 0.773. The lowest BCUT2D eigenvalue weighted by Crippen LogP contribution is -1.85. The van der Waals surface area contributed by atoms with E-state index in [4.69, 9.17) is 23.2 Å². The van der Waals surface area contributed by atoms with E-state index in [9.17, 15) is 0 Å². The Morgan fingerprint density at radius 3 is 1.69 bits per heavy atom. The van der Waals surface area contributed by atoms with Crippen LogP contribution in [0.3, 0.4) is 0 Å². The van der Waals surface area contributed by atoms with Crippen LogP contribution in [0.2, 0.25) is 10.0 Å². The van der Waals surface area contributed by atoms with E-state index in [1.165, 1.54) is 0 Å². The average molecular weight is 253 g/mol. The second-order valence-electron chi connectivity index (χ2n) is 2.53. The molecular formula is C9H10Cl2S2. The molecule has 0 aliphatic heterocycles. The molecule has 0 aliphatic carbocycles. The van der Waals surface area contributed by atoms with Crippen molar-refractivity contribution in [3.05, 3.63) is 21.7 Å². The van der Waals surface area contributed by atoms with Crippen molar-refractivity contribution in [2.45, 2.75) is 16.7 Å². The van der Waals surface area contributed by atoms with Crippen molar-refractivity contribution in [2.24, 2.45) is 0 Å². The smallest absolute Gasteiger partial charge is 0.0586 e. The van der Waals surface area contributed by atoms with Crippen LogP contribution in [0.15, 0.2) is 15.9 Å². The van der Waals surface area contributed by atoms with Gasteiger partial charge in [0, 0.05) is 9.79 Å². The van der Waals surface area contributed by atoms with Crippen molar-refractivity contribution in [3.63, 3.8) is 0 Å². The quantitative estimate of drug-likeness (QED) is 0.698. The fourth-order valence-electron chi connectivity index (χ4n) is 1.01. The summed E-state index contributed by atoms with van der Waals surface area (Å²) >= 11 is 15.5. The summed E-state index contributed by atoms with van der Waals surface area (Å²) in [6.45, 7) is 1.95. The predicted octanol–water partition coefficient (Wildman–Crippen LogP) is 4.75. The van der Waals surface area contributed by atoms with Gasteiger partial charge in [-0.2, -0.15) is 0 Å². The number of hydrogen-bond donors (Lipinski definition) is 0. The molecule has 0 saturated heterocycles. The number of halogens is 2. The molecule has 0 N–H and O–H groups in total. The van der Waals surface area contributed by atoms with Gasteiger partial charge < -0.3 is 0 Å². The Morgan fingerprint density at radius 1 is 1.00 bits per heavy atom. The van der Waals surface area contributed by atoms with Gasteiger partial charge in [0.15, 0.2) is 0 Å². The molecule has 4 heteroatoms. The number of thioether (sulfide) groups is 2. The second kappa shape index (κ2) is 4.83. The second-order valence-corrected chi connectivity index (χ2v) is 4.99. The Balaban J connectivity index is 3.36. The Kier molecular flexibility index (Phi) is 4.30. The van der Waals surface area contributed by atoms with E-state index in [1.807, 2.05) is 25.5 Å². The lowest BCUT2D eigenvalue weighted by Gasteiger charge is -2.10. The van der Waals surface area contributed by atoms with Gasteiger partial charge in [-0.25, -0.2) is 0 Å². The third-order valence-corrected chi connectivity index (χ3v) is 4.52. The molecule has 1 aromatic rings. The Bertz CT molecular complexity index is 296. The van der Waals surface area contributed by atoms with Crippen molar-refractivity contribution >= 4 is 46.7 Å². The molecule has 0 aromatic heterocycles.